The monoisotopic (exact) mass is 230 g/mol. The van der Waals surface area contributed by atoms with Gasteiger partial charge in [-0.15, -0.1) is 0 Å². The highest BCUT2D eigenvalue weighted by Crippen LogP contribution is 2.17. The average Bonchev–Trinajstić information content (AvgIpc) is 2.27. The zero-order chi connectivity index (χ0) is 12.8. The molecule has 17 heavy (non-hydrogen) atoms. The van der Waals surface area contributed by atoms with Gasteiger partial charge >= 0.3 is 0 Å². The Morgan fingerprint density at radius 3 is 2.06 bits per heavy atom. The van der Waals surface area contributed by atoms with Crippen molar-refractivity contribution < 1.29 is 9.59 Å². The highest BCUT2D eigenvalue weighted by Gasteiger charge is 2.24. The minimum atomic E-state index is -0.519. The third-order valence-corrected chi connectivity index (χ3v) is 2.79. The summed E-state index contributed by atoms with van der Waals surface area (Å²) in [6.45, 7) is 4.84. The number of carbonyl (C=O) groups excluding carboxylic acids is 2. The molecule has 0 unspecified atom stereocenters. The maximum absolute atomic E-state index is 11.4. The van der Waals surface area contributed by atoms with E-state index in [9.17, 15) is 9.59 Å². The molecule has 0 saturated heterocycles. The van der Waals surface area contributed by atoms with E-state index >= 15 is 0 Å². The van der Waals surface area contributed by atoms with Gasteiger partial charge in [-0.3, -0.25) is 9.59 Å². The first-order chi connectivity index (χ1) is 8.02. The van der Waals surface area contributed by atoms with Gasteiger partial charge in [0, 0.05) is 0 Å². The van der Waals surface area contributed by atoms with Crippen LogP contribution >= 0.6 is 0 Å². The van der Waals surface area contributed by atoms with Crippen LogP contribution in [-0.2, 0) is 9.59 Å². The van der Waals surface area contributed by atoms with E-state index in [0.29, 0.717) is 0 Å². The van der Waals surface area contributed by atoms with Gasteiger partial charge in [0.25, 0.3) is 0 Å². The van der Waals surface area contributed by atoms with Crippen LogP contribution in [0.2, 0.25) is 0 Å². The lowest BCUT2D eigenvalue weighted by atomic mass is 9.87. The molecular formula is C15H18O2. The molecule has 0 aromatic heterocycles. The molecule has 0 heterocycles. The van der Waals surface area contributed by atoms with Gasteiger partial charge in [0.05, 0.1) is 5.92 Å². The van der Waals surface area contributed by atoms with Gasteiger partial charge in [0.2, 0.25) is 0 Å². The molecule has 0 bridgehead atoms. The van der Waals surface area contributed by atoms with E-state index < -0.39 is 5.92 Å². The van der Waals surface area contributed by atoms with Gasteiger partial charge in [-0.05, 0) is 25.3 Å². The Morgan fingerprint density at radius 2 is 1.59 bits per heavy atom. The van der Waals surface area contributed by atoms with Gasteiger partial charge in [-0.25, -0.2) is 0 Å². The van der Waals surface area contributed by atoms with Crippen molar-refractivity contribution in [2.75, 3.05) is 0 Å². The van der Waals surface area contributed by atoms with Gasteiger partial charge in [0.1, 0.15) is 11.6 Å². The Labute approximate surface area is 102 Å². The van der Waals surface area contributed by atoms with Crippen LogP contribution in [0.5, 0.6) is 0 Å². The third kappa shape index (κ3) is 3.99. The number of hydrogen-bond donors (Lipinski definition) is 0. The molecule has 0 N–H and O–H groups in total. The Bertz CT molecular complexity index is 404. The summed E-state index contributed by atoms with van der Waals surface area (Å²) in [5.74, 6) is -0.717. The van der Waals surface area contributed by atoms with Gasteiger partial charge in [-0.1, -0.05) is 49.4 Å². The fourth-order valence-corrected chi connectivity index (χ4v) is 1.96. The van der Waals surface area contributed by atoms with Gasteiger partial charge < -0.3 is 0 Å². The molecule has 0 amide bonds. The zero-order valence-electron chi connectivity index (χ0n) is 10.5. The summed E-state index contributed by atoms with van der Waals surface area (Å²) in [4.78, 5) is 22.8. The van der Waals surface area contributed by atoms with Crippen LogP contribution in [0.4, 0.5) is 0 Å². The second-order valence-corrected chi connectivity index (χ2v) is 4.33. The van der Waals surface area contributed by atoms with Crippen LogP contribution in [-0.4, -0.2) is 11.6 Å². The number of Topliss-reactive ketones (excluding diaryl/α,β-unsaturated/α-hetero) is 2. The second kappa shape index (κ2) is 6.14. The molecule has 0 aliphatic heterocycles. The van der Waals surface area contributed by atoms with Crippen molar-refractivity contribution >= 4 is 17.6 Å². The van der Waals surface area contributed by atoms with Gasteiger partial charge in [0.15, 0.2) is 0 Å². The standard InChI is InChI=1S/C15H18O2/c1-11(15(12(2)16)13(3)17)9-10-14-7-5-4-6-8-14/h4-11,15H,1-3H3/b10-9+/t11-/m0/s1. The summed E-state index contributed by atoms with van der Waals surface area (Å²) in [7, 11) is 0. The Hall–Kier alpha value is -1.70. The molecule has 1 atom stereocenters. The highest BCUT2D eigenvalue weighted by atomic mass is 16.1. The molecule has 2 nitrogen and oxygen atoms in total. The molecule has 1 aromatic rings. The minimum Gasteiger partial charge on any atom is -0.299 e. The maximum atomic E-state index is 11.4. The SMILES string of the molecule is CC(=O)C(C(C)=O)[C@@H](C)/C=C/c1ccccc1. The Balaban J connectivity index is 2.77. The molecule has 0 spiro atoms. The largest absolute Gasteiger partial charge is 0.299 e. The van der Waals surface area contributed by atoms with E-state index in [2.05, 4.69) is 0 Å². The Morgan fingerprint density at radius 1 is 1.06 bits per heavy atom. The van der Waals surface area contributed by atoms with Crippen LogP contribution in [0.1, 0.15) is 26.3 Å². The summed E-state index contributed by atoms with van der Waals surface area (Å²) in [5, 5.41) is 0. The highest BCUT2D eigenvalue weighted by molar-refractivity contribution is 6.00. The number of carbonyl (C=O) groups is 2. The van der Waals surface area contributed by atoms with Crippen molar-refractivity contribution in [2.45, 2.75) is 20.8 Å². The lowest BCUT2D eigenvalue weighted by Gasteiger charge is -2.15. The number of rotatable bonds is 5. The van der Waals surface area contributed by atoms with Gasteiger partial charge in [-0.2, -0.15) is 0 Å². The lowest BCUT2D eigenvalue weighted by Crippen LogP contribution is -2.25. The first kappa shape index (κ1) is 13.4. The first-order valence-corrected chi connectivity index (χ1v) is 5.76. The summed E-state index contributed by atoms with van der Waals surface area (Å²) in [6, 6.07) is 9.84. The van der Waals surface area contributed by atoms with Crippen LogP contribution < -0.4 is 0 Å². The molecule has 0 radical (unpaired) electrons. The Kier molecular flexibility index (Phi) is 4.83. The molecule has 2 heteroatoms. The number of ketones is 2. The first-order valence-electron chi connectivity index (χ1n) is 5.76. The molecule has 0 aliphatic rings. The van der Waals surface area contributed by atoms with Crippen molar-refractivity contribution in [3.05, 3.63) is 42.0 Å². The smallest absolute Gasteiger partial charge is 0.140 e. The normalized spacial score (nSPS) is 12.9. The molecule has 0 aliphatic carbocycles. The molecule has 1 rings (SSSR count). The second-order valence-electron chi connectivity index (χ2n) is 4.33. The quantitative estimate of drug-likeness (QED) is 0.728. The summed E-state index contributed by atoms with van der Waals surface area (Å²) >= 11 is 0. The van der Waals surface area contributed by atoms with Crippen LogP contribution in [0, 0.1) is 11.8 Å². The molecule has 90 valence electrons. The van der Waals surface area contributed by atoms with Crippen molar-refractivity contribution in [3.8, 4) is 0 Å². The fourth-order valence-electron chi connectivity index (χ4n) is 1.96. The number of allylic oxidation sites excluding steroid dienone is 1. The van der Waals surface area contributed by atoms with Crippen LogP contribution in [0.15, 0.2) is 36.4 Å². The van der Waals surface area contributed by atoms with Crippen molar-refractivity contribution in [1.29, 1.82) is 0 Å². The third-order valence-electron chi connectivity index (χ3n) is 2.79. The maximum Gasteiger partial charge on any atom is 0.140 e. The summed E-state index contributed by atoms with van der Waals surface area (Å²) in [5.41, 5.74) is 1.07. The molecule has 0 saturated carbocycles. The van der Waals surface area contributed by atoms with Crippen molar-refractivity contribution in [1.82, 2.24) is 0 Å². The lowest BCUT2D eigenvalue weighted by molar-refractivity contribution is -0.131. The van der Waals surface area contributed by atoms with E-state index in [1.54, 1.807) is 0 Å². The average molecular weight is 230 g/mol. The topological polar surface area (TPSA) is 34.1 Å². The minimum absolute atomic E-state index is 0.0646. The number of benzene rings is 1. The molecular weight excluding hydrogens is 212 g/mol. The predicted octanol–water partition coefficient (Wildman–Crippen LogP) is 3.13. The van der Waals surface area contributed by atoms with E-state index in [4.69, 9.17) is 0 Å². The predicted molar refractivity (Wildman–Crippen MR) is 69.5 cm³/mol. The van der Waals surface area contributed by atoms with E-state index in [1.807, 2.05) is 49.4 Å². The van der Waals surface area contributed by atoms with Crippen molar-refractivity contribution in [3.63, 3.8) is 0 Å². The summed E-state index contributed by atoms with van der Waals surface area (Å²) in [6.07, 6.45) is 3.87. The van der Waals surface area contributed by atoms with E-state index in [1.165, 1.54) is 13.8 Å². The van der Waals surface area contributed by atoms with E-state index in [-0.39, 0.29) is 17.5 Å². The van der Waals surface area contributed by atoms with E-state index in [0.717, 1.165) is 5.56 Å². The van der Waals surface area contributed by atoms with Crippen molar-refractivity contribution in [2.24, 2.45) is 11.8 Å². The van der Waals surface area contributed by atoms with Crippen LogP contribution in [0.3, 0.4) is 0 Å². The zero-order valence-corrected chi connectivity index (χ0v) is 10.5. The molecule has 0 fully saturated rings. The molecule has 1 aromatic carbocycles. The number of hydrogen-bond acceptors (Lipinski definition) is 2. The fraction of sp³-hybridized carbons (Fsp3) is 0.333. The summed E-state index contributed by atoms with van der Waals surface area (Å²) < 4.78 is 0. The van der Waals surface area contributed by atoms with Crippen LogP contribution in [0.25, 0.3) is 6.08 Å².